The molecular formula is C7H11N7O2S. The normalized spacial score (nSPS) is 13.7. The molecule has 5 N–H and O–H groups in total. The number of aromatic nitrogens is 5. The first kappa shape index (κ1) is 11.5. The minimum absolute atomic E-state index is 0.0118. The lowest BCUT2D eigenvalue weighted by Crippen LogP contribution is -2.27. The lowest BCUT2D eigenvalue weighted by Gasteiger charge is -2.10. The van der Waals surface area contributed by atoms with E-state index in [1.165, 1.54) is 6.33 Å². The molecule has 92 valence electrons. The molecule has 0 saturated heterocycles. The van der Waals surface area contributed by atoms with Crippen LogP contribution in [-0.4, -0.2) is 33.8 Å². The highest BCUT2D eigenvalue weighted by Crippen LogP contribution is 2.17. The molecule has 0 bridgehead atoms. The molecule has 0 aliphatic carbocycles. The van der Waals surface area contributed by atoms with Gasteiger partial charge in [0.15, 0.2) is 0 Å². The van der Waals surface area contributed by atoms with E-state index in [2.05, 4.69) is 30.1 Å². The van der Waals surface area contributed by atoms with Crippen molar-refractivity contribution in [2.45, 2.75) is 17.9 Å². The molecule has 0 saturated carbocycles. The maximum absolute atomic E-state index is 11.9. The van der Waals surface area contributed by atoms with E-state index in [0.29, 0.717) is 5.82 Å². The molecule has 1 unspecified atom stereocenters. The Balaban J connectivity index is 2.22. The third-order valence-corrected chi connectivity index (χ3v) is 3.67. The molecule has 1 atom stereocenters. The molecule has 9 nitrogen and oxygen atoms in total. The number of aromatic amines is 2. The molecule has 17 heavy (non-hydrogen) atoms. The van der Waals surface area contributed by atoms with Crippen molar-refractivity contribution in [1.82, 2.24) is 30.1 Å². The summed E-state index contributed by atoms with van der Waals surface area (Å²) in [4.78, 5) is 3.76. The summed E-state index contributed by atoms with van der Waals surface area (Å²) in [5, 5.41) is 12.1. The van der Waals surface area contributed by atoms with Gasteiger partial charge in [-0.3, -0.25) is 10.2 Å². The Morgan fingerprint density at radius 1 is 1.41 bits per heavy atom. The van der Waals surface area contributed by atoms with Gasteiger partial charge >= 0.3 is 0 Å². The molecule has 0 spiro atoms. The summed E-state index contributed by atoms with van der Waals surface area (Å²) in [7, 11) is -3.73. The summed E-state index contributed by atoms with van der Waals surface area (Å²) in [6.45, 7) is 1.63. The van der Waals surface area contributed by atoms with Gasteiger partial charge in [0, 0.05) is 0 Å². The number of hydrogen-bond acceptors (Lipinski definition) is 6. The van der Waals surface area contributed by atoms with Crippen LogP contribution in [0.1, 0.15) is 18.8 Å². The summed E-state index contributed by atoms with van der Waals surface area (Å²) in [5.74, 6) is 0.401. The average molecular weight is 257 g/mol. The van der Waals surface area contributed by atoms with Crippen molar-refractivity contribution in [3.05, 3.63) is 18.3 Å². The van der Waals surface area contributed by atoms with Gasteiger partial charge in [0.1, 0.15) is 22.9 Å². The van der Waals surface area contributed by atoms with Gasteiger partial charge in [0.2, 0.25) is 10.0 Å². The van der Waals surface area contributed by atoms with E-state index >= 15 is 0 Å². The number of anilines is 1. The number of rotatable bonds is 4. The minimum Gasteiger partial charge on any atom is -0.383 e. The third-order valence-electron chi connectivity index (χ3n) is 2.10. The molecule has 0 aliphatic heterocycles. The third kappa shape index (κ3) is 2.26. The lowest BCUT2D eigenvalue weighted by atomic mass is 10.3. The summed E-state index contributed by atoms with van der Waals surface area (Å²) in [5.41, 5.74) is 5.45. The zero-order chi connectivity index (χ0) is 12.5. The highest BCUT2D eigenvalue weighted by molar-refractivity contribution is 7.89. The molecular weight excluding hydrogens is 246 g/mol. The molecule has 2 heterocycles. The molecule has 0 radical (unpaired) electrons. The molecule has 0 amide bonds. The number of nitrogens with one attached hydrogen (secondary N) is 3. The first-order valence-corrected chi connectivity index (χ1v) is 6.15. The largest absolute Gasteiger partial charge is 0.383 e. The standard InChI is InChI=1S/C7H11N7O2S/c1-4(7-9-3-11-13-7)14-17(15,16)5-2-10-12-6(5)8/h2-4,14H,1H3,(H3,8,10,12)(H,9,11,13). The zero-order valence-electron chi connectivity index (χ0n) is 8.88. The van der Waals surface area contributed by atoms with Crippen LogP contribution < -0.4 is 10.5 Å². The van der Waals surface area contributed by atoms with Crippen LogP contribution in [0.3, 0.4) is 0 Å². The van der Waals surface area contributed by atoms with E-state index in [-0.39, 0.29) is 10.7 Å². The second kappa shape index (κ2) is 4.14. The fourth-order valence-electron chi connectivity index (χ4n) is 1.27. The maximum Gasteiger partial charge on any atom is 0.246 e. The van der Waals surface area contributed by atoms with Crippen molar-refractivity contribution < 1.29 is 8.42 Å². The van der Waals surface area contributed by atoms with Gasteiger partial charge in [-0.1, -0.05) is 0 Å². The van der Waals surface area contributed by atoms with E-state index in [1.807, 2.05) is 0 Å². The molecule has 0 fully saturated rings. The monoisotopic (exact) mass is 257 g/mol. The van der Waals surface area contributed by atoms with E-state index in [1.54, 1.807) is 6.92 Å². The SMILES string of the molecule is CC(NS(=O)(=O)c1cn[nH]c1N)c1ncn[nH]1. The van der Waals surface area contributed by atoms with Gasteiger partial charge in [0.25, 0.3) is 0 Å². The predicted octanol–water partition coefficient (Wildman–Crippen LogP) is -0.850. The van der Waals surface area contributed by atoms with E-state index < -0.39 is 16.1 Å². The lowest BCUT2D eigenvalue weighted by molar-refractivity contribution is 0.561. The fourth-order valence-corrected chi connectivity index (χ4v) is 2.51. The predicted molar refractivity (Wildman–Crippen MR) is 58.1 cm³/mol. The van der Waals surface area contributed by atoms with Crippen molar-refractivity contribution in [2.75, 3.05) is 5.73 Å². The van der Waals surface area contributed by atoms with Crippen LogP contribution in [0.15, 0.2) is 17.4 Å². The molecule has 2 aromatic heterocycles. The second-order valence-corrected chi connectivity index (χ2v) is 5.04. The van der Waals surface area contributed by atoms with Gasteiger partial charge < -0.3 is 5.73 Å². The van der Waals surface area contributed by atoms with Crippen molar-refractivity contribution in [3.8, 4) is 0 Å². The van der Waals surface area contributed by atoms with Crippen LogP contribution in [0, 0.1) is 0 Å². The molecule has 2 aromatic rings. The highest BCUT2D eigenvalue weighted by atomic mass is 32.2. The Labute approximate surface area is 96.9 Å². The maximum atomic E-state index is 11.9. The Kier molecular flexibility index (Phi) is 2.81. The van der Waals surface area contributed by atoms with Gasteiger partial charge in [-0.2, -0.15) is 10.2 Å². The van der Waals surface area contributed by atoms with Gasteiger partial charge in [-0.15, -0.1) is 0 Å². The van der Waals surface area contributed by atoms with E-state index in [0.717, 1.165) is 6.20 Å². The number of sulfonamides is 1. The van der Waals surface area contributed by atoms with Crippen LogP contribution in [0.2, 0.25) is 0 Å². The number of nitrogens with two attached hydrogens (primary N) is 1. The topological polar surface area (TPSA) is 142 Å². The number of nitrogen functional groups attached to an aromatic ring is 1. The first-order chi connectivity index (χ1) is 8.00. The van der Waals surface area contributed by atoms with E-state index in [4.69, 9.17) is 5.73 Å². The van der Waals surface area contributed by atoms with Crippen LogP contribution >= 0.6 is 0 Å². The molecule has 0 aromatic carbocycles. The van der Waals surface area contributed by atoms with Crippen molar-refractivity contribution in [2.24, 2.45) is 0 Å². The summed E-state index contributed by atoms with van der Waals surface area (Å²) in [6, 6.07) is -0.545. The van der Waals surface area contributed by atoms with Crippen molar-refractivity contribution in [3.63, 3.8) is 0 Å². The average Bonchev–Trinajstić information content (AvgIpc) is 2.85. The van der Waals surface area contributed by atoms with Crippen LogP contribution in [0.25, 0.3) is 0 Å². The van der Waals surface area contributed by atoms with Gasteiger partial charge in [-0.25, -0.2) is 18.1 Å². The summed E-state index contributed by atoms with van der Waals surface area (Å²) < 4.78 is 26.2. The Hall–Kier alpha value is -1.94. The van der Waals surface area contributed by atoms with Crippen LogP contribution in [0.4, 0.5) is 5.82 Å². The molecule has 2 rings (SSSR count). The van der Waals surface area contributed by atoms with E-state index in [9.17, 15) is 8.42 Å². The Bertz CT molecular complexity index is 588. The first-order valence-electron chi connectivity index (χ1n) is 4.67. The molecule has 10 heteroatoms. The fraction of sp³-hybridized carbons (Fsp3) is 0.286. The number of hydrogen-bond donors (Lipinski definition) is 4. The minimum atomic E-state index is -3.73. The summed E-state index contributed by atoms with van der Waals surface area (Å²) >= 11 is 0. The van der Waals surface area contributed by atoms with Gasteiger partial charge in [0.05, 0.1) is 12.2 Å². The van der Waals surface area contributed by atoms with Crippen LogP contribution in [0.5, 0.6) is 0 Å². The number of H-pyrrole nitrogens is 2. The Morgan fingerprint density at radius 2 is 2.18 bits per heavy atom. The smallest absolute Gasteiger partial charge is 0.246 e. The summed E-state index contributed by atoms with van der Waals surface area (Å²) in [6.07, 6.45) is 2.44. The quantitative estimate of drug-likeness (QED) is 0.561. The van der Waals surface area contributed by atoms with Gasteiger partial charge in [-0.05, 0) is 6.92 Å². The zero-order valence-corrected chi connectivity index (χ0v) is 9.69. The molecule has 0 aliphatic rings. The highest BCUT2D eigenvalue weighted by Gasteiger charge is 2.23. The number of nitrogens with zero attached hydrogens (tertiary/aromatic N) is 3. The van der Waals surface area contributed by atoms with Crippen molar-refractivity contribution >= 4 is 15.8 Å². The van der Waals surface area contributed by atoms with Crippen LogP contribution in [-0.2, 0) is 10.0 Å². The van der Waals surface area contributed by atoms with Crippen molar-refractivity contribution in [1.29, 1.82) is 0 Å². The second-order valence-electron chi connectivity index (χ2n) is 3.36. The Morgan fingerprint density at radius 3 is 2.71 bits per heavy atom.